The SMILES string of the molecule is CN1C(=O)NC(C)(C2CCCN(Cc3ccc(C#N)cc3)C2)C1=O. The summed E-state index contributed by atoms with van der Waals surface area (Å²) in [6, 6.07) is 9.41. The lowest BCUT2D eigenvalue weighted by Gasteiger charge is -2.39. The minimum absolute atomic E-state index is 0.103. The summed E-state index contributed by atoms with van der Waals surface area (Å²) in [7, 11) is 1.53. The molecule has 2 aliphatic heterocycles. The molecule has 0 aliphatic carbocycles. The molecule has 0 radical (unpaired) electrons. The van der Waals surface area contributed by atoms with Gasteiger partial charge in [-0.15, -0.1) is 0 Å². The molecule has 1 aromatic rings. The topological polar surface area (TPSA) is 76.4 Å². The molecule has 0 bridgehead atoms. The molecule has 0 saturated carbocycles. The third-order valence-corrected chi connectivity index (χ3v) is 5.23. The van der Waals surface area contributed by atoms with Gasteiger partial charge < -0.3 is 5.32 Å². The van der Waals surface area contributed by atoms with Crippen LogP contribution in [0.4, 0.5) is 4.79 Å². The molecule has 2 aliphatic rings. The predicted octanol–water partition coefficient (Wildman–Crippen LogP) is 1.71. The van der Waals surface area contributed by atoms with Crippen molar-refractivity contribution in [3.63, 3.8) is 0 Å². The lowest BCUT2D eigenvalue weighted by Crippen LogP contribution is -2.55. The van der Waals surface area contributed by atoms with E-state index in [1.165, 1.54) is 11.9 Å². The van der Waals surface area contributed by atoms with E-state index in [9.17, 15) is 9.59 Å². The molecule has 1 N–H and O–H groups in total. The monoisotopic (exact) mass is 326 g/mol. The normalized spacial score (nSPS) is 27.9. The number of likely N-dealkylation sites (tertiary alicyclic amines) is 1. The molecular formula is C18H22N4O2. The van der Waals surface area contributed by atoms with E-state index in [0.717, 1.165) is 38.0 Å². The van der Waals surface area contributed by atoms with Gasteiger partial charge in [0.2, 0.25) is 0 Å². The van der Waals surface area contributed by atoms with E-state index >= 15 is 0 Å². The number of rotatable bonds is 3. The molecular weight excluding hydrogens is 304 g/mol. The summed E-state index contributed by atoms with van der Waals surface area (Å²) >= 11 is 0. The second-order valence-corrected chi connectivity index (χ2v) is 6.88. The van der Waals surface area contributed by atoms with Gasteiger partial charge in [0.1, 0.15) is 5.54 Å². The average molecular weight is 326 g/mol. The fourth-order valence-electron chi connectivity index (χ4n) is 3.69. The number of hydrogen-bond donors (Lipinski definition) is 1. The number of carbonyl (C=O) groups is 2. The number of carbonyl (C=O) groups excluding carboxylic acids is 2. The zero-order valence-corrected chi connectivity index (χ0v) is 14.1. The fourth-order valence-corrected chi connectivity index (χ4v) is 3.69. The van der Waals surface area contributed by atoms with Gasteiger partial charge in [0.05, 0.1) is 11.6 Å². The van der Waals surface area contributed by atoms with Crippen molar-refractivity contribution in [3.8, 4) is 6.07 Å². The Balaban J connectivity index is 1.69. The number of piperidine rings is 1. The van der Waals surface area contributed by atoms with Gasteiger partial charge in [0, 0.05) is 26.1 Å². The van der Waals surface area contributed by atoms with E-state index in [-0.39, 0.29) is 17.9 Å². The lowest BCUT2D eigenvalue weighted by atomic mass is 9.80. The molecule has 2 unspecified atom stereocenters. The molecule has 2 saturated heterocycles. The van der Waals surface area contributed by atoms with Gasteiger partial charge in [-0.2, -0.15) is 5.26 Å². The van der Waals surface area contributed by atoms with Crippen molar-refractivity contribution >= 4 is 11.9 Å². The van der Waals surface area contributed by atoms with Gasteiger partial charge in [0.25, 0.3) is 5.91 Å². The van der Waals surface area contributed by atoms with E-state index < -0.39 is 5.54 Å². The highest BCUT2D eigenvalue weighted by Gasteiger charge is 2.51. The van der Waals surface area contributed by atoms with Crippen LogP contribution in [0.2, 0.25) is 0 Å². The second-order valence-electron chi connectivity index (χ2n) is 6.88. The van der Waals surface area contributed by atoms with Crippen molar-refractivity contribution in [2.75, 3.05) is 20.1 Å². The first-order chi connectivity index (χ1) is 11.4. The number of likely N-dealkylation sites (N-methyl/N-ethyl adjacent to an activating group) is 1. The molecule has 2 atom stereocenters. The highest BCUT2D eigenvalue weighted by molar-refractivity contribution is 6.06. The number of benzene rings is 1. The highest BCUT2D eigenvalue weighted by Crippen LogP contribution is 2.32. The number of amides is 3. The van der Waals surface area contributed by atoms with Crippen LogP contribution >= 0.6 is 0 Å². The first-order valence-electron chi connectivity index (χ1n) is 8.26. The summed E-state index contributed by atoms with van der Waals surface area (Å²) < 4.78 is 0. The van der Waals surface area contributed by atoms with Gasteiger partial charge >= 0.3 is 6.03 Å². The van der Waals surface area contributed by atoms with E-state index in [0.29, 0.717) is 5.56 Å². The molecule has 0 aromatic heterocycles. The van der Waals surface area contributed by atoms with Crippen molar-refractivity contribution in [3.05, 3.63) is 35.4 Å². The smallest absolute Gasteiger partial charge is 0.323 e. The summed E-state index contributed by atoms with van der Waals surface area (Å²) in [5.41, 5.74) is 0.999. The van der Waals surface area contributed by atoms with Crippen molar-refractivity contribution in [1.29, 1.82) is 5.26 Å². The number of nitrogens with zero attached hydrogens (tertiary/aromatic N) is 3. The van der Waals surface area contributed by atoms with Gasteiger partial charge in [-0.25, -0.2) is 4.79 Å². The standard InChI is InChI=1S/C18H22N4O2/c1-18(16(23)21(2)17(24)20-18)15-4-3-9-22(12-15)11-14-7-5-13(10-19)6-8-14/h5-8,15H,3-4,9,11-12H2,1-2H3,(H,20,24). The van der Waals surface area contributed by atoms with E-state index in [4.69, 9.17) is 5.26 Å². The maximum atomic E-state index is 12.5. The molecule has 6 heteroatoms. The lowest BCUT2D eigenvalue weighted by molar-refractivity contribution is -0.132. The maximum absolute atomic E-state index is 12.5. The summed E-state index contributed by atoms with van der Waals surface area (Å²) in [6.45, 7) is 4.38. The molecule has 1 aromatic carbocycles. The van der Waals surface area contributed by atoms with Gasteiger partial charge in [-0.1, -0.05) is 12.1 Å². The van der Waals surface area contributed by atoms with Crippen molar-refractivity contribution in [2.24, 2.45) is 5.92 Å². The number of imide groups is 1. The van der Waals surface area contributed by atoms with Crippen LogP contribution in [0.25, 0.3) is 0 Å². The summed E-state index contributed by atoms with van der Waals surface area (Å²) in [4.78, 5) is 27.8. The van der Waals surface area contributed by atoms with E-state index in [2.05, 4.69) is 16.3 Å². The molecule has 6 nitrogen and oxygen atoms in total. The van der Waals surface area contributed by atoms with Gasteiger partial charge in [-0.3, -0.25) is 14.6 Å². The van der Waals surface area contributed by atoms with Crippen LogP contribution in [-0.2, 0) is 11.3 Å². The predicted molar refractivity (Wildman–Crippen MR) is 88.9 cm³/mol. The zero-order chi connectivity index (χ0) is 17.3. The molecule has 3 amide bonds. The number of urea groups is 1. The fraction of sp³-hybridized carbons (Fsp3) is 0.500. The Bertz CT molecular complexity index is 694. The van der Waals surface area contributed by atoms with Crippen LogP contribution in [0.3, 0.4) is 0 Å². The van der Waals surface area contributed by atoms with Crippen molar-refractivity contribution < 1.29 is 9.59 Å². The molecule has 2 fully saturated rings. The Labute approximate surface area is 142 Å². The Kier molecular flexibility index (Phi) is 4.29. The summed E-state index contributed by atoms with van der Waals surface area (Å²) in [5.74, 6) is -0.0382. The summed E-state index contributed by atoms with van der Waals surface area (Å²) in [6.07, 6.45) is 1.93. The third-order valence-electron chi connectivity index (χ3n) is 5.23. The van der Waals surface area contributed by atoms with Gasteiger partial charge in [0.15, 0.2) is 0 Å². The quantitative estimate of drug-likeness (QED) is 0.858. The van der Waals surface area contributed by atoms with Gasteiger partial charge in [-0.05, 0) is 44.0 Å². The van der Waals surface area contributed by atoms with Crippen LogP contribution in [0.1, 0.15) is 30.9 Å². The van der Waals surface area contributed by atoms with E-state index in [1.54, 1.807) is 0 Å². The molecule has 2 heterocycles. The van der Waals surface area contributed by atoms with Crippen LogP contribution in [0, 0.1) is 17.2 Å². The number of hydrogen-bond acceptors (Lipinski definition) is 4. The van der Waals surface area contributed by atoms with E-state index in [1.807, 2.05) is 31.2 Å². The third kappa shape index (κ3) is 2.87. The van der Waals surface area contributed by atoms with Crippen LogP contribution < -0.4 is 5.32 Å². The Hall–Kier alpha value is -2.39. The molecule has 24 heavy (non-hydrogen) atoms. The Morgan fingerprint density at radius 2 is 2.04 bits per heavy atom. The van der Waals surface area contributed by atoms with Crippen molar-refractivity contribution in [1.82, 2.24) is 15.1 Å². The number of nitriles is 1. The second kappa shape index (κ2) is 6.25. The molecule has 126 valence electrons. The zero-order valence-electron chi connectivity index (χ0n) is 14.1. The first kappa shape index (κ1) is 16.5. The largest absolute Gasteiger partial charge is 0.324 e. The van der Waals surface area contributed by atoms with Crippen molar-refractivity contribution in [2.45, 2.75) is 31.8 Å². The Morgan fingerprint density at radius 1 is 1.33 bits per heavy atom. The van der Waals surface area contributed by atoms with Crippen LogP contribution in [0.5, 0.6) is 0 Å². The first-order valence-corrected chi connectivity index (χ1v) is 8.26. The Morgan fingerprint density at radius 3 is 2.62 bits per heavy atom. The minimum atomic E-state index is -0.810. The summed E-state index contributed by atoms with van der Waals surface area (Å²) in [5, 5.41) is 11.7. The minimum Gasteiger partial charge on any atom is -0.323 e. The number of nitrogens with one attached hydrogen (secondary N) is 1. The van der Waals surface area contributed by atoms with Crippen LogP contribution in [0.15, 0.2) is 24.3 Å². The van der Waals surface area contributed by atoms with Crippen LogP contribution in [-0.4, -0.2) is 47.4 Å². The molecule has 0 spiro atoms. The highest BCUT2D eigenvalue weighted by atomic mass is 16.2. The molecule has 3 rings (SSSR count). The maximum Gasteiger partial charge on any atom is 0.324 e. The average Bonchev–Trinajstić information content (AvgIpc) is 2.80.